The summed E-state index contributed by atoms with van der Waals surface area (Å²) in [6.07, 6.45) is 0. The number of methoxy groups -OCH3 is 2. The van der Waals surface area contributed by atoms with Gasteiger partial charge in [-0.25, -0.2) is 13.2 Å². The zero-order valence-corrected chi connectivity index (χ0v) is 20.6. The van der Waals surface area contributed by atoms with Crippen molar-refractivity contribution in [2.24, 2.45) is 0 Å². The van der Waals surface area contributed by atoms with Crippen molar-refractivity contribution in [3.05, 3.63) is 71.8 Å². The molecule has 1 unspecified atom stereocenters. The second kappa shape index (κ2) is 10.3. The highest BCUT2D eigenvalue weighted by Gasteiger charge is 2.30. The Balaban J connectivity index is 1.74. The topological polar surface area (TPSA) is 157 Å². The van der Waals surface area contributed by atoms with Crippen LogP contribution in [0.3, 0.4) is 0 Å². The van der Waals surface area contributed by atoms with Gasteiger partial charge in [-0.2, -0.15) is 13.5 Å². The van der Waals surface area contributed by atoms with E-state index in [2.05, 4.69) is 18.8 Å². The molecule has 0 saturated carbocycles. The molecular formula is C23H20N4O7S2. The fraction of sp³-hybridized carbons (Fsp3) is 0.130. The van der Waals surface area contributed by atoms with E-state index in [1.54, 1.807) is 36.4 Å². The van der Waals surface area contributed by atoms with E-state index in [-0.39, 0.29) is 33.2 Å². The van der Waals surface area contributed by atoms with Crippen molar-refractivity contribution in [3.63, 3.8) is 0 Å². The first kappa shape index (κ1) is 25.0. The first-order valence-electron chi connectivity index (χ1n) is 10.3. The minimum atomic E-state index is -4.26. The Morgan fingerprint density at radius 2 is 1.67 bits per heavy atom. The number of rotatable bonds is 9. The van der Waals surface area contributed by atoms with Crippen molar-refractivity contribution < 1.29 is 32.6 Å². The molecule has 1 aromatic heterocycles. The first-order chi connectivity index (χ1) is 17.2. The number of hydrogen-bond acceptors (Lipinski definition) is 9. The largest absolute Gasteiger partial charge is 0.493 e. The summed E-state index contributed by atoms with van der Waals surface area (Å²) < 4.78 is 47.6. The Kier molecular flexibility index (Phi) is 7.15. The van der Waals surface area contributed by atoms with Crippen molar-refractivity contribution in [2.75, 3.05) is 19.5 Å². The third kappa shape index (κ3) is 4.98. The number of nitrogens with one attached hydrogen (secondary N) is 2. The number of benzene rings is 3. The van der Waals surface area contributed by atoms with Crippen molar-refractivity contribution in [1.82, 2.24) is 13.5 Å². The van der Waals surface area contributed by atoms with E-state index in [1.807, 2.05) is 0 Å². The summed E-state index contributed by atoms with van der Waals surface area (Å²) in [6, 6.07) is 13.8. The Morgan fingerprint density at radius 1 is 0.972 bits per heavy atom. The summed E-state index contributed by atoms with van der Waals surface area (Å²) in [5, 5.41) is 12.2. The van der Waals surface area contributed by atoms with Crippen LogP contribution in [0.25, 0.3) is 11.0 Å². The molecule has 0 bridgehead atoms. The number of carboxylic acid groups (broad SMARTS) is 1. The van der Waals surface area contributed by atoms with E-state index in [0.29, 0.717) is 11.1 Å². The fourth-order valence-electron chi connectivity index (χ4n) is 3.50. The molecule has 0 fully saturated rings. The van der Waals surface area contributed by atoms with Crippen molar-refractivity contribution in [2.45, 2.75) is 10.9 Å². The van der Waals surface area contributed by atoms with E-state index in [1.165, 1.54) is 38.5 Å². The van der Waals surface area contributed by atoms with E-state index in [0.717, 1.165) is 11.7 Å². The molecular weight excluding hydrogens is 508 g/mol. The molecule has 36 heavy (non-hydrogen) atoms. The van der Waals surface area contributed by atoms with E-state index in [9.17, 15) is 23.1 Å². The first-order valence-corrected chi connectivity index (χ1v) is 12.5. The van der Waals surface area contributed by atoms with Gasteiger partial charge >= 0.3 is 5.97 Å². The van der Waals surface area contributed by atoms with Crippen LogP contribution in [0.15, 0.2) is 65.6 Å². The molecule has 11 nitrogen and oxygen atoms in total. The standard InChI is InChI=1S/C23H20N4O7S2/c1-33-17-11-14(23(29)30)16(12-18(17)34-2)24-22(28)20(13-7-4-3-5-8-13)27-36(31,32)19-10-6-9-15-21(19)26-35-25-15/h3-12,20,27H,1-2H3,(H,24,28)(H,29,30). The molecule has 3 N–H and O–H groups in total. The lowest BCUT2D eigenvalue weighted by molar-refractivity contribution is -0.117. The number of ether oxygens (including phenoxy) is 2. The van der Waals surface area contributed by atoms with E-state index >= 15 is 0 Å². The SMILES string of the molecule is COc1cc(NC(=O)C(NS(=O)(=O)c2cccc3nsnc23)c2ccccc2)c(C(=O)O)cc1OC. The zero-order valence-electron chi connectivity index (χ0n) is 19.0. The van der Waals surface area contributed by atoms with Crippen molar-refractivity contribution >= 4 is 50.3 Å². The molecule has 1 heterocycles. The minimum Gasteiger partial charge on any atom is -0.493 e. The van der Waals surface area contributed by atoms with Gasteiger partial charge in [-0.15, -0.1) is 0 Å². The van der Waals surface area contributed by atoms with Crippen LogP contribution in [0.4, 0.5) is 5.69 Å². The predicted molar refractivity (Wildman–Crippen MR) is 132 cm³/mol. The maximum Gasteiger partial charge on any atom is 0.337 e. The van der Waals surface area contributed by atoms with Crippen LogP contribution in [-0.2, 0) is 14.8 Å². The molecule has 3 aromatic carbocycles. The summed E-state index contributed by atoms with van der Waals surface area (Å²) in [4.78, 5) is 25.1. The van der Waals surface area contributed by atoms with Gasteiger partial charge in [0, 0.05) is 12.1 Å². The van der Waals surface area contributed by atoms with Crippen LogP contribution in [-0.4, -0.2) is 48.4 Å². The number of sulfonamides is 1. The lowest BCUT2D eigenvalue weighted by atomic mass is 10.1. The summed E-state index contributed by atoms with van der Waals surface area (Å²) >= 11 is 0.868. The Labute approximate surface area is 210 Å². The molecule has 1 atom stereocenters. The average Bonchev–Trinajstić information content (AvgIpc) is 3.36. The van der Waals surface area contributed by atoms with Gasteiger partial charge in [0.05, 0.1) is 37.2 Å². The number of amides is 1. The van der Waals surface area contributed by atoms with Gasteiger partial charge in [-0.3, -0.25) is 4.79 Å². The van der Waals surface area contributed by atoms with Gasteiger partial charge in [0.1, 0.15) is 22.0 Å². The third-order valence-electron chi connectivity index (χ3n) is 5.22. The number of carboxylic acids is 1. The zero-order chi connectivity index (χ0) is 25.9. The second-order valence-electron chi connectivity index (χ2n) is 7.40. The average molecular weight is 529 g/mol. The molecule has 0 aliphatic carbocycles. The lowest BCUT2D eigenvalue weighted by Gasteiger charge is -2.20. The van der Waals surface area contributed by atoms with Crippen LogP contribution >= 0.6 is 11.7 Å². The van der Waals surface area contributed by atoms with Crippen molar-refractivity contribution in [3.8, 4) is 11.5 Å². The molecule has 0 radical (unpaired) electrons. The summed E-state index contributed by atoms with van der Waals surface area (Å²) in [5.41, 5.74) is 0.542. The number of anilines is 1. The van der Waals surface area contributed by atoms with Gasteiger partial charge in [-0.1, -0.05) is 36.4 Å². The van der Waals surface area contributed by atoms with Crippen molar-refractivity contribution in [1.29, 1.82) is 0 Å². The van der Waals surface area contributed by atoms with Gasteiger partial charge in [0.15, 0.2) is 11.5 Å². The normalized spacial score (nSPS) is 12.2. The van der Waals surface area contributed by atoms with Crippen LogP contribution in [0.5, 0.6) is 11.5 Å². The lowest BCUT2D eigenvalue weighted by Crippen LogP contribution is -2.37. The molecule has 0 aliphatic heterocycles. The molecule has 1 amide bonds. The summed E-state index contributed by atoms with van der Waals surface area (Å²) in [5.74, 6) is -1.82. The highest BCUT2D eigenvalue weighted by Crippen LogP contribution is 2.34. The number of carbonyl (C=O) groups excluding carboxylic acids is 1. The number of hydrogen-bond donors (Lipinski definition) is 3. The maximum absolute atomic E-state index is 13.4. The van der Waals surface area contributed by atoms with Gasteiger partial charge < -0.3 is 19.9 Å². The van der Waals surface area contributed by atoms with Crippen LogP contribution in [0, 0.1) is 0 Å². The highest BCUT2D eigenvalue weighted by molar-refractivity contribution is 7.89. The molecule has 0 spiro atoms. The number of nitrogens with zero attached hydrogens (tertiary/aromatic N) is 2. The van der Waals surface area contributed by atoms with Crippen LogP contribution in [0.2, 0.25) is 0 Å². The van der Waals surface area contributed by atoms with E-state index < -0.39 is 27.9 Å². The molecule has 13 heteroatoms. The quantitative estimate of drug-likeness (QED) is 0.297. The maximum atomic E-state index is 13.4. The van der Waals surface area contributed by atoms with Crippen LogP contribution in [0.1, 0.15) is 22.0 Å². The van der Waals surface area contributed by atoms with Crippen LogP contribution < -0.4 is 19.5 Å². The second-order valence-corrected chi connectivity index (χ2v) is 9.61. The Bertz CT molecular complexity index is 1540. The fourth-order valence-corrected chi connectivity index (χ4v) is 5.45. The summed E-state index contributed by atoms with van der Waals surface area (Å²) in [7, 11) is -1.55. The molecule has 4 rings (SSSR count). The molecule has 4 aromatic rings. The van der Waals surface area contributed by atoms with E-state index in [4.69, 9.17) is 9.47 Å². The number of aromatic carboxylic acids is 1. The highest BCUT2D eigenvalue weighted by atomic mass is 32.2. The molecule has 186 valence electrons. The third-order valence-corrected chi connectivity index (χ3v) is 7.22. The smallest absolute Gasteiger partial charge is 0.337 e. The number of carbonyl (C=O) groups is 2. The van der Waals surface area contributed by atoms with Gasteiger partial charge in [-0.05, 0) is 17.7 Å². The molecule has 0 saturated heterocycles. The van der Waals surface area contributed by atoms with Gasteiger partial charge in [0.25, 0.3) is 0 Å². The predicted octanol–water partition coefficient (Wildman–Crippen LogP) is 3.07. The minimum absolute atomic E-state index is 0.101. The summed E-state index contributed by atoms with van der Waals surface area (Å²) in [6.45, 7) is 0. The molecule has 0 aliphatic rings. The van der Waals surface area contributed by atoms with Gasteiger partial charge in [0.2, 0.25) is 15.9 Å². The Hall–Kier alpha value is -4.07. The Morgan fingerprint density at radius 3 is 2.33 bits per heavy atom. The number of aromatic nitrogens is 2. The monoisotopic (exact) mass is 528 g/mol. The number of fused-ring (bicyclic) bond motifs is 1.